The summed E-state index contributed by atoms with van der Waals surface area (Å²) in [5.74, 6) is -0.570. The van der Waals surface area contributed by atoms with Crippen LogP contribution in [0.1, 0.15) is 41.0 Å². The molecule has 1 amide bonds. The number of benzene rings is 1. The maximum atomic E-state index is 12.9. The highest BCUT2D eigenvalue weighted by molar-refractivity contribution is 5.93. The van der Waals surface area contributed by atoms with Gasteiger partial charge in [0.15, 0.2) is 0 Å². The second-order valence-corrected chi connectivity index (χ2v) is 5.29. The third-order valence-electron chi connectivity index (χ3n) is 3.71. The first-order valence-electron chi connectivity index (χ1n) is 7.03. The zero-order chi connectivity index (χ0) is 14.8. The molecule has 0 spiro atoms. The van der Waals surface area contributed by atoms with Gasteiger partial charge in [0.25, 0.3) is 5.91 Å². The third kappa shape index (κ3) is 2.97. The van der Waals surface area contributed by atoms with Gasteiger partial charge in [0.2, 0.25) is 0 Å². The highest BCUT2D eigenvalue weighted by Crippen LogP contribution is 2.36. The highest BCUT2D eigenvalue weighted by Gasteiger charge is 2.27. The van der Waals surface area contributed by atoms with E-state index in [2.05, 4.69) is 5.32 Å². The number of amides is 1. The van der Waals surface area contributed by atoms with Crippen LogP contribution in [0.15, 0.2) is 42.6 Å². The Balaban J connectivity index is 1.75. The van der Waals surface area contributed by atoms with Gasteiger partial charge in [-0.2, -0.15) is 0 Å². The largest absolute Gasteiger partial charge is 0.394 e. The van der Waals surface area contributed by atoms with Crippen molar-refractivity contribution in [2.75, 3.05) is 6.61 Å². The third-order valence-corrected chi connectivity index (χ3v) is 3.71. The fourth-order valence-corrected chi connectivity index (χ4v) is 2.42. The van der Waals surface area contributed by atoms with Crippen molar-refractivity contribution in [3.8, 4) is 0 Å². The van der Waals surface area contributed by atoms with Crippen LogP contribution >= 0.6 is 0 Å². The SMILES string of the molecule is O=C(NC(CO)c1ccc(F)cc1)c1cccn1C1CC1. The Morgan fingerprint density at radius 3 is 2.67 bits per heavy atom. The highest BCUT2D eigenvalue weighted by atomic mass is 19.1. The number of aliphatic hydroxyl groups is 1. The molecule has 1 aromatic carbocycles. The Morgan fingerprint density at radius 1 is 1.33 bits per heavy atom. The average molecular weight is 288 g/mol. The number of carbonyl (C=O) groups excluding carboxylic acids is 1. The molecule has 1 fully saturated rings. The van der Waals surface area contributed by atoms with Gasteiger partial charge in [-0.25, -0.2) is 4.39 Å². The van der Waals surface area contributed by atoms with Crippen molar-refractivity contribution in [3.05, 3.63) is 59.7 Å². The molecular formula is C16H17FN2O2. The van der Waals surface area contributed by atoms with Crippen LogP contribution in [0.3, 0.4) is 0 Å². The fraction of sp³-hybridized carbons (Fsp3) is 0.312. The number of rotatable bonds is 5. The minimum Gasteiger partial charge on any atom is -0.394 e. The number of hydrogen-bond donors (Lipinski definition) is 2. The van der Waals surface area contributed by atoms with E-state index in [1.54, 1.807) is 18.2 Å². The lowest BCUT2D eigenvalue weighted by molar-refractivity contribution is 0.0906. The van der Waals surface area contributed by atoms with Gasteiger partial charge in [0.1, 0.15) is 11.5 Å². The zero-order valence-corrected chi connectivity index (χ0v) is 11.5. The van der Waals surface area contributed by atoms with E-state index in [4.69, 9.17) is 0 Å². The van der Waals surface area contributed by atoms with Crippen molar-refractivity contribution in [2.45, 2.75) is 24.9 Å². The van der Waals surface area contributed by atoms with Crippen LogP contribution in [0.5, 0.6) is 0 Å². The first-order valence-corrected chi connectivity index (χ1v) is 7.03. The minimum atomic E-state index is -0.541. The van der Waals surface area contributed by atoms with Gasteiger partial charge in [-0.1, -0.05) is 12.1 Å². The van der Waals surface area contributed by atoms with E-state index >= 15 is 0 Å². The molecule has 2 aromatic rings. The van der Waals surface area contributed by atoms with Crippen LogP contribution in [0.25, 0.3) is 0 Å². The average Bonchev–Trinajstić information content (AvgIpc) is 3.22. The van der Waals surface area contributed by atoms with E-state index in [9.17, 15) is 14.3 Å². The van der Waals surface area contributed by atoms with Crippen LogP contribution < -0.4 is 5.32 Å². The summed E-state index contributed by atoms with van der Waals surface area (Å²) >= 11 is 0. The molecule has 2 N–H and O–H groups in total. The molecule has 0 bridgehead atoms. The number of halogens is 1. The molecule has 110 valence electrons. The van der Waals surface area contributed by atoms with E-state index in [-0.39, 0.29) is 18.3 Å². The van der Waals surface area contributed by atoms with E-state index in [0.29, 0.717) is 17.3 Å². The molecule has 0 saturated heterocycles. The Kier molecular flexibility index (Phi) is 3.75. The first-order chi connectivity index (χ1) is 10.2. The summed E-state index contributed by atoms with van der Waals surface area (Å²) in [4.78, 5) is 12.4. The number of nitrogens with zero attached hydrogens (tertiary/aromatic N) is 1. The van der Waals surface area contributed by atoms with E-state index in [1.807, 2.05) is 16.8 Å². The quantitative estimate of drug-likeness (QED) is 0.888. The molecule has 4 nitrogen and oxygen atoms in total. The zero-order valence-electron chi connectivity index (χ0n) is 11.5. The van der Waals surface area contributed by atoms with E-state index in [1.165, 1.54) is 12.1 Å². The molecule has 1 atom stereocenters. The van der Waals surface area contributed by atoms with Gasteiger partial charge in [-0.15, -0.1) is 0 Å². The molecule has 21 heavy (non-hydrogen) atoms. The Bertz CT molecular complexity index is 632. The van der Waals surface area contributed by atoms with Gasteiger partial charge >= 0.3 is 0 Å². The Morgan fingerprint density at radius 2 is 2.05 bits per heavy atom. The van der Waals surface area contributed by atoms with Gasteiger partial charge in [-0.3, -0.25) is 4.79 Å². The lowest BCUT2D eigenvalue weighted by Gasteiger charge is -2.17. The Hall–Kier alpha value is -2.14. The summed E-state index contributed by atoms with van der Waals surface area (Å²) < 4.78 is 14.9. The molecule has 1 aliphatic carbocycles. The fourth-order valence-electron chi connectivity index (χ4n) is 2.42. The van der Waals surface area contributed by atoms with Crippen molar-refractivity contribution in [3.63, 3.8) is 0 Å². The maximum Gasteiger partial charge on any atom is 0.268 e. The summed E-state index contributed by atoms with van der Waals surface area (Å²) in [6.45, 7) is -0.235. The van der Waals surface area contributed by atoms with Crippen LogP contribution in [-0.4, -0.2) is 22.2 Å². The number of aromatic nitrogens is 1. The summed E-state index contributed by atoms with van der Waals surface area (Å²) in [6.07, 6.45) is 4.09. The monoisotopic (exact) mass is 288 g/mol. The normalized spacial score (nSPS) is 15.7. The molecule has 0 radical (unpaired) electrons. The lowest BCUT2D eigenvalue weighted by Crippen LogP contribution is -2.32. The van der Waals surface area contributed by atoms with Gasteiger partial charge in [0, 0.05) is 12.2 Å². The van der Waals surface area contributed by atoms with Crippen molar-refractivity contribution in [1.82, 2.24) is 9.88 Å². The van der Waals surface area contributed by atoms with E-state index in [0.717, 1.165) is 12.8 Å². The lowest BCUT2D eigenvalue weighted by atomic mass is 10.1. The maximum absolute atomic E-state index is 12.9. The van der Waals surface area contributed by atoms with Crippen molar-refractivity contribution >= 4 is 5.91 Å². The van der Waals surface area contributed by atoms with Crippen LogP contribution in [0, 0.1) is 5.82 Å². The van der Waals surface area contributed by atoms with Crippen molar-refractivity contribution in [1.29, 1.82) is 0 Å². The molecule has 1 heterocycles. The second-order valence-electron chi connectivity index (χ2n) is 5.29. The van der Waals surface area contributed by atoms with Gasteiger partial charge in [0.05, 0.1) is 12.6 Å². The van der Waals surface area contributed by atoms with Crippen LogP contribution in [-0.2, 0) is 0 Å². The summed E-state index contributed by atoms with van der Waals surface area (Å²) in [6, 6.07) is 9.26. The number of aliphatic hydroxyl groups excluding tert-OH is 1. The number of hydrogen-bond acceptors (Lipinski definition) is 2. The molecule has 1 saturated carbocycles. The molecule has 1 aromatic heterocycles. The minimum absolute atomic E-state index is 0.227. The molecule has 3 rings (SSSR count). The van der Waals surface area contributed by atoms with Crippen molar-refractivity contribution < 1.29 is 14.3 Å². The summed E-state index contributed by atoms with van der Waals surface area (Å²) in [5, 5.41) is 12.3. The standard InChI is InChI=1S/C16H17FN2O2/c17-12-5-3-11(4-6-12)14(10-20)18-16(21)15-2-1-9-19(15)13-7-8-13/h1-6,9,13-14,20H,7-8,10H2,(H,18,21). The van der Waals surface area contributed by atoms with Gasteiger partial charge in [-0.05, 0) is 42.7 Å². The number of nitrogens with one attached hydrogen (secondary N) is 1. The van der Waals surface area contributed by atoms with Gasteiger partial charge < -0.3 is 15.0 Å². The number of carbonyl (C=O) groups is 1. The smallest absolute Gasteiger partial charge is 0.268 e. The molecule has 0 aliphatic heterocycles. The molecule has 1 aliphatic rings. The predicted molar refractivity (Wildman–Crippen MR) is 76.4 cm³/mol. The van der Waals surface area contributed by atoms with Crippen LogP contribution in [0.4, 0.5) is 4.39 Å². The Labute approximate surface area is 122 Å². The second kappa shape index (κ2) is 5.69. The van der Waals surface area contributed by atoms with E-state index < -0.39 is 6.04 Å². The molecule has 5 heteroatoms. The first kappa shape index (κ1) is 13.8. The summed E-state index contributed by atoms with van der Waals surface area (Å²) in [7, 11) is 0. The van der Waals surface area contributed by atoms with Crippen molar-refractivity contribution in [2.24, 2.45) is 0 Å². The molecule has 1 unspecified atom stereocenters. The van der Waals surface area contributed by atoms with Crippen LogP contribution in [0.2, 0.25) is 0 Å². The topological polar surface area (TPSA) is 54.3 Å². The molecular weight excluding hydrogens is 271 g/mol. The summed E-state index contributed by atoms with van der Waals surface area (Å²) in [5.41, 5.74) is 1.27. The predicted octanol–water partition coefficient (Wildman–Crippen LogP) is 2.43.